The highest BCUT2D eigenvalue weighted by Gasteiger charge is 1.93. The second kappa shape index (κ2) is 14.4. The molecule has 0 amide bonds. The van der Waals surface area contributed by atoms with Gasteiger partial charge in [0.1, 0.15) is 0 Å². The third-order valence-electron chi connectivity index (χ3n) is 1.37. The summed E-state index contributed by atoms with van der Waals surface area (Å²) in [4.78, 5) is 31.2. The van der Waals surface area contributed by atoms with Crippen LogP contribution in [0.25, 0.3) is 0 Å². The Morgan fingerprint density at radius 2 is 1.26 bits per heavy atom. The largest absolute Gasteiger partial charge is 0.692 e. The Morgan fingerprint density at radius 3 is 1.53 bits per heavy atom. The van der Waals surface area contributed by atoms with Crippen molar-refractivity contribution in [2.75, 3.05) is 12.0 Å². The summed E-state index contributed by atoms with van der Waals surface area (Å²) in [5, 5.41) is 0. The average Bonchev–Trinajstić information content (AvgIpc) is 2.29. The van der Waals surface area contributed by atoms with Gasteiger partial charge in [0.2, 0.25) is 0 Å². The molecule has 19 heavy (non-hydrogen) atoms. The molecule has 0 radical (unpaired) electrons. The fraction of sp³-hybridized carbons (Fsp3) is 0.333. The quantitative estimate of drug-likeness (QED) is 0.488. The van der Waals surface area contributed by atoms with Gasteiger partial charge in [-0.2, -0.15) is 0 Å². The standard InChI is InChI=1S/C9H12S2.2HO3P/c1-3-11-9-6-4-8(10-2)5-7-9;2*1-4(2)3/h4-7H,3H2,1-2H3;2*(H-,1,2,3)/p+2. The molecule has 0 saturated heterocycles. The molecule has 6 nitrogen and oxygen atoms in total. The molecule has 0 aliphatic heterocycles. The zero-order valence-corrected chi connectivity index (χ0v) is 13.8. The van der Waals surface area contributed by atoms with Crippen LogP contribution in [0.1, 0.15) is 6.92 Å². The van der Waals surface area contributed by atoms with E-state index in [0.717, 1.165) is 5.75 Å². The van der Waals surface area contributed by atoms with Crippen LogP contribution in [0.3, 0.4) is 0 Å². The number of rotatable bonds is 3. The lowest BCUT2D eigenvalue weighted by atomic mass is 10.4. The van der Waals surface area contributed by atoms with Gasteiger partial charge in [-0.15, -0.1) is 43.1 Å². The topological polar surface area (TPSA) is 115 Å². The minimum absolute atomic E-state index is 1.15. The van der Waals surface area contributed by atoms with E-state index in [2.05, 4.69) is 37.4 Å². The normalized spacial score (nSPS) is 8.53. The van der Waals surface area contributed by atoms with E-state index in [1.807, 2.05) is 11.8 Å². The highest BCUT2D eigenvalue weighted by Crippen LogP contribution is 2.21. The zero-order valence-electron chi connectivity index (χ0n) is 10.3. The Kier molecular flexibility index (Phi) is 16.1. The Labute approximate surface area is 122 Å². The van der Waals surface area contributed by atoms with Gasteiger partial charge < -0.3 is 0 Å². The molecule has 0 aliphatic rings. The average molecular weight is 346 g/mol. The van der Waals surface area contributed by atoms with Crippen LogP contribution in [0.2, 0.25) is 0 Å². The van der Waals surface area contributed by atoms with Crippen molar-refractivity contribution < 1.29 is 28.7 Å². The molecule has 1 aromatic carbocycles. The van der Waals surface area contributed by atoms with Gasteiger partial charge in [-0.05, 0) is 36.3 Å². The van der Waals surface area contributed by atoms with Gasteiger partial charge in [0.25, 0.3) is 0 Å². The summed E-state index contributed by atoms with van der Waals surface area (Å²) in [7, 11) is -5.74. The third kappa shape index (κ3) is 20.4. The minimum atomic E-state index is -2.87. The number of hydrogen-bond acceptors (Lipinski definition) is 4. The van der Waals surface area contributed by atoms with Crippen LogP contribution in [-0.4, -0.2) is 31.6 Å². The highest BCUT2D eigenvalue weighted by atomic mass is 32.2. The van der Waals surface area contributed by atoms with Crippen LogP contribution in [0, 0.1) is 0 Å². The van der Waals surface area contributed by atoms with Gasteiger partial charge in [0.05, 0.1) is 0 Å². The Balaban J connectivity index is 0. The van der Waals surface area contributed by atoms with Crippen molar-refractivity contribution in [2.24, 2.45) is 0 Å². The van der Waals surface area contributed by atoms with Crippen molar-refractivity contribution in [2.45, 2.75) is 16.7 Å². The molecule has 0 bridgehead atoms. The first kappa shape index (κ1) is 21.3. The summed E-state index contributed by atoms with van der Waals surface area (Å²) in [6, 6.07) is 8.70. The van der Waals surface area contributed by atoms with E-state index in [0.29, 0.717) is 0 Å². The summed E-state index contributed by atoms with van der Waals surface area (Å²) in [6.45, 7) is 2.17. The SMILES string of the molecule is CCSc1ccc(SC)cc1.O=[P+](O)O.O=[P+](O)O. The Morgan fingerprint density at radius 1 is 0.947 bits per heavy atom. The molecule has 0 saturated carbocycles. The number of thioether (sulfide) groups is 2. The first-order valence-corrected chi connectivity index (χ1v) is 9.34. The fourth-order valence-corrected chi connectivity index (χ4v) is 1.91. The second-order valence-corrected chi connectivity index (χ2v) is 5.84. The summed E-state index contributed by atoms with van der Waals surface area (Å²) in [5.41, 5.74) is 0. The maximum absolute atomic E-state index is 8.70. The molecule has 0 atom stereocenters. The van der Waals surface area contributed by atoms with Crippen molar-refractivity contribution in [1.82, 2.24) is 0 Å². The van der Waals surface area contributed by atoms with Gasteiger partial charge >= 0.3 is 16.5 Å². The Bertz CT molecular complexity index is 353. The summed E-state index contributed by atoms with van der Waals surface area (Å²) >= 11 is 3.67. The first-order chi connectivity index (χ1) is 8.83. The van der Waals surface area contributed by atoms with E-state index in [1.165, 1.54) is 9.79 Å². The molecular weight excluding hydrogens is 330 g/mol. The van der Waals surface area contributed by atoms with E-state index in [9.17, 15) is 0 Å². The molecular formula is C9H16O6P2S2+2. The van der Waals surface area contributed by atoms with Crippen molar-refractivity contribution in [3.63, 3.8) is 0 Å². The maximum Gasteiger partial charge on any atom is 0.692 e. The number of hydrogen-bond donors (Lipinski definition) is 4. The van der Waals surface area contributed by atoms with Gasteiger partial charge in [0.15, 0.2) is 0 Å². The summed E-state index contributed by atoms with van der Waals surface area (Å²) in [5.74, 6) is 1.15. The second-order valence-electron chi connectivity index (χ2n) is 2.61. The fourth-order valence-electron chi connectivity index (χ4n) is 0.839. The summed E-state index contributed by atoms with van der Waals surface area (Å²) < 4.78 is 17.4. The maximum atomic E-state index is 8.70. The molecule has 1 rings (SSSR count). The van der Waals surface area contributed by atoms with E-state index in [1.54, 1.807) is 11.8 Å². The van der Waals surface area contributed by atoms with Crippen LogP contribution in [0.15, 0.2) is 34.1 Å². The van der Waals surface area contributed by atoms with Crippen LogP contribution in [0.4, 0.5) is 0 Å². The van der Waals surface area contributed by atoms with Gasteiger partial charge in [-0.1, -0.05) is 6.92 Å². The highest BCUT2D eigenvalue weighted by molar-refractivity contribution is 7.99. The smallest absolute Gasteiger partial charge is 0.134 e. The van der Waals surface area contributed by atoms with Crippen LogP contribution in [0.5, 0.6) is 0 Å². The first-order valence-electron chi connectivity index (χ1n) is 4.80. The third-order valence-corrected chi connectivity index (χ3v) is 3.01. The molecule has 10 heteroatoms. The number of benzene rings is 1. The predicted octanol–water partition coefficient (Wildman–Crippen LogP) is 2.78. The summed E-state index contributed by atoms with van der Waals surface area (Å²) in [6.07, 6.45) is 2.10. The molecule has 0 spiro atoms. The molecule has 0 aliphatic carbocycles. The van der Waals surface area contributed by atoms with E-state index < -0.39 is 16.5 Å². The van der Waals surface area contributed by atoms with Crippen molar-refractivity contribution in [3.05, 3.63) is 24.3 Å². The molecule has 0 heterocycles. The zero-order chi connectivity index (χ0) is 15.3. The van der Waals surface area contributed by atoms with Gasteiger partial charge in [-0.3, -0.25) is 0 Å². The molecule has 108 valence electrons. The molecule has 0 fully saturated rings. The van der Waals surface area contributed by atoms with Crippen molar-refractivity contribution in [3.8, 4) is 0 Å². The van der Waals surface area contributed by atoms with E-state index in [4.69, 9.17) is 28.7 Å². The molecule has 0 aromatic heterocycles. The van der Waals surface area contributed by atoms with Crippen LogP contribution >= 0.6 is 40.0 Å². The van der Waals surface area contributed by atoms with Crippen LogP contribution < -0.4 is 0 Å². The lowest BCUT2D eigenvalue weighted by molar-refractivity contribution is 0.403. The Hall–Kier alpha value is -0.0400. The van der Waals surface area contributed by atoms with Gasteiger partial charge in [-0.25, -0.2) is 0 Å². The lowest BCUT2D eigenvalue weighted by Crippen LogP contribution is -1.72. The van der Waals surface area contributed by atoms with E-state index >= 15 is 0 Å². The molecule has 4 N–H and O–H groups in total. The minimum Gasteiger partial charge on any atom is -0.134 e. The van der Waals surface area contributed by atoms with Gasteiger partial charge in [0, 0.05) is 18.9 Å². The van der Waals surface area contributed by atoms with Crippen LogP contribution in [-0.2, 0) is 9.13 Å². The van der Waals surface area contributed by atoms with Crippen molar-refractivity contribution >= 4 is 40.0 Å². The van der Waals surface area contributed by atoms with E-state index in [-0.39, 0.29) is 0 Å². The predicted molar refractivity (Wildman–Crippen MR) is 78.7 cm³/mol. The molecule has 0 unspecified atom stereocenters. The molecule has 1 aromatic rings. The van der Waals surface area contributed by atoms with Crippen molar-refractivity contribution in [1.29, 1.82) is 0 Å². The lowest BCUT2D eigenvalue weighted by Gasteiger charge is -1.98. The monoisotopic (exact) mass is 346 g/mol.